The molecule has 0 saturated heterocycles. The molecule has 1 aromatic rings. The molecule has 0 bridgehead atoms. The Kier molecular flexibility index (Phi) is 4.94. The zero-order valence-electron chi connectivity index (χ0n) is 12.0. The number of halogens is 1. The van der Waals surface area contributed by atoms with E-state index in [0.717, 1.165) is 18.7 Å². The van der Waals surface area contributed by atoms with Crippen LogP contribution in [0.2, 0.25) is 0 Å². The molecule has 2 nitrogen and oxygen atoms in total. The van der Waals surface area contributed by atoms with Gasteiger partial charge in [-0.3, -0.25) is 4.90 Å². The van der Waals surface area contributed by atoms with E-state index in [0.29, 0.717) is 12.0 Å². The number of benzene rings is 1. The zero-order chi connectivity index (χ0) is 13.8. The van der Waals surface area contributed by atoms with Crippen molar-refractivity contribution >= 4 is 0 Å². The van der Waals surface area contributed by atoms with E-state index in [1.807, 2.05) is 6.07 Å². The Labute approximate surface area is 115 Å². The topological polar surface area (TPSA) is 29.3 Å². The molecule has 1 aliphatic rings. The van der Waals surface area contributed by atoms with Crippen molar-refractivity contribution in [3.05, 3.63) is 35.6 Å². The Balaban J connectivity index is 1.92. The summed E-state index contributed by atoms with van der Waals surface area (Å²) in [7, 11) is 0. The maximum Gasteiger partial charge on any atom is 0.123 e. The van der Waals surface area contributed by atoms with Crippen molar-refractivity contribution in [2.45, 2.75) is 45.2 Å². The summed E-state index contributed by atoms with van der Waals surface area (Å²) in [5.41, 5.74) is 7.13. The lowest BCUT2D eigenvalue weighted by Crippen LogP contribution is -2.35. The smallest absolute Gasteiger partial charge is 0.123 e. The molecule has 3 heteroatoms. The van der Waals surface area contributed by atoms with Crippen LogP contribution in [0.1, 0.15) is 44.7 Å². The van der Waals surface area contributed by atoms with Gasteiger partial charge in [-0.05, 0) is 49.4 Å². The first-order valence-electron chi connectivity index (χ1n) is 7.31. The summed E-state index contributed by atoms with van der Waals surface area (Å²) in [6.07, 6.45) is 3.77. The largest absolute Gasteiger partial charge is 0.323 e. The average molecular weight is 264 g/mol. The van der Waals surface area contributed by atoms with Gasteiger partial charge >= 0.3 is 0 Å². The van der Waals surface area contributed by atoms with Gasteiger partial charge in [0.05, 0.1) is 0 Å². The Hall–Kier alpha value is -0.930. The molecule has 0 radical (unpaired) electrons. The van der Waals surface area contributed by atoms with E-state index < -0.39 is 0 Å². The molecule has 106 valence electrons. The monoisotopic (exact) mass is 264 g/mol. The van der Waals surface area contributed by atoms with Crippen LogP contribution < -0.4 is 5.73 Å². The summed E-state index contributed by atoms with van der Waals surface area (Å²) in [5, 5.41) is 0. The number of hydrogen-bond donors (Lipinski definition) is 1. The van der Waals surface area contributed by atoms with Crippen LogP contribution in [0.15, 0.2) is 24.3 Å². The van der Waals surface area contributed by atoms with Crippen LogP contribution >= 0.6 is 0 Å². The summed E-state index contributed by atoms with van der Waals surface area (Å²) < 4.78 is 13.2. The molecular weight excluding hydrogens is 239 g/mol. The van der Waals surface area contributed by atoms with Gasteiger partial charge in [0, 0.05) is 18.6 Å². The Morgan fingerprint density at radius 2 is 2.11 bits per heavy atom. The van der Waals surface area contributed by atoms with Crippen LogP contribution in [0.5, 0.6) is 0 Å². The predicted molar refractivity (Wildman–Crippen MR) is 77.4 cm³/mol. The minimum atomic E-state index is -0.201. The summed E-state index contributed by atoms with van der Waals surface area (Å²) in [4.78, 5) is 2.48. The van der Waals surface area contributed by atoms with Crippen LogP contribution in [0, 0.1) is 11.7 Å². The molecule has 0 heterocycles. The number of nitrogens with two attached hydrogens (primary N) is 1. The molecule has 0 aliphatic heterocycles. The predicted octanol–water partition coefficient (Wildman–Crippen LogP) is 3.34. The molecular formula is C16H25FN2. The van der Waals surface area contributed by atoms with E-state index in [2.05, 4.69) is 18.7 Å². The molecule has 0 spiro atoms. The van der Waals surface area contributed by atoms with Crippen molar-refractivity contribution in [1.82, 2.24) is 4.90 Å². The van der Waals surface area contributed by atoms with Gasteiger partial charge in [0.1, 0.15) is 5.82 Å². The van der Waals surface area contributed by atoms with Gasteiger partial charge in [-0.15, -0.1) is 0 Å². The minimum Gasteiger partial charge on any atom is -0.323 e. The van der Waals surface area contributed by atoms with Crippen LogP contribution in [-0.2, 0) is 0 Å². The fraction of sp³-hybridized carbons (Fsp3) is 0.625. The van der Waals surface area contributed by atoms with Gasteiger partial charge < -0.3 is 5.73 Å². The molecule has 0 aromatic heterocycles. The second kappa shape index (κ2) is 6.49. The Bertz CT molecular complexity index is 401. The van der Waals surface area contributed by atoms with E-state index in [-0.39, 0.29) is 11.9 Å². The fourth-order valence-electron chi connectivity index (χ4n) is 2.38. The van der Waals surface area contributed by atoms with Crippen LogP contribution in [-0.4, -0.2) is 24.0 Å². The van der Waals surface area contributed by atoms with Crippen molar-refractivity contribution in [3.63, 3.8) is 0 Å². The van der Waals surface area contributed by atoms with Gasteiger partial charge in [-0.2, -0.15) is 0 Å². The molecule has 19 heavy (non-hydrogen) atoms. The number of hydrogen-bond acceptors (Lipinski definition) is 2. The van der Waals surface area contributed by atoms with Crippen LogP contribution in [0.3, 0.4) is 0 Å². The van der Waals surface area contributed by atoms with Gasteiger partial charge in [-0.1, -0.05) is 26.0 Å². The van der Waals surface area contributed by atoms with E-state index in [4.69, 9.17) is 5.73 Å². The fourth-order valence-corrected chi connectivity index (χ4v) is 2.38. The lowest BCUT2D eigenvalue weighted by molar-refractivity contribution is 0.233. The van der Waals surface area contributed by atoms with Crippen molar-refractivity contribution in [2.24, 2.45) is 11.7 Å². The third-order valence-corrected chi connectivity index (χ3v) is 3.76. The molecule has 2 rings (SSSR count). The average Bonchev–Trinajstić information content (AvgIpc) is 3.18. The molecule has 1 fully saturated rings. The lowest BCUT2D eigenvalue weighted by atomic mass is 10.1. The summed E-state index contributed by atoms with van der Waals surface area (Å²) in [6.45, 7) is 6.43. The van der Waals surface area contributed by atoms with Crippen LogP contribution in [0.4, 0.5) is 4.39 Å². The second-order valence-electron chi connectivity index (χ2n) is 6.07. The Morgan fingerprint density at radius 1 is 1.37 bits per heavy atom. The molecule has 1 unspecified atom stereocenters. The molecule has 1 saturated carbocycles. The summed E-state index contributed by atoms with van der Waals surface area (Å²) in [6, 6.07) is 7.29. The van der Waals surface area contributed by atoms with E-state index in [9.17, 15) is 4.39 Å². The highest BCUT2D eigenvalue weighted by Crippen LogP contribution is 2.29. The minimum absolute atomic E-state index is 0.0940. The van der Waals surface area contributed by atoms with Gasteiger partial charge in [0.2, 0.25) is 0 Å². The number of nitrogens with zero attached hydrogens (tertiary/aromatic N) is 1. The number of rotatable bonds is 7. The maximum atomic E-state index is 13.2. The first kappa shape index (κ1) is 14.5. The summed E-state index contributed by atoms with van der Waals surface area (Å²) in [5.74, 6) is 0.514. The normalized spacial score (nSPS) is 17.2. The van der Waals surface area contributed by atoms with Crippen molar-refractivity contribution in [1.29, 1.82) is 0 Å². The van der Waals surface area contributed by atoms with E-state index in [1.54, 1.807) is 12.1 Å². The van der Waals surface area contributed by atoms with E-state index in [1.165, 1.54) is 25.3 Å². The molecule has 2 N–H and O–H groups in total. The van der Waals surface area contributed by atoms with Gasteiger partial charge in [0.15, 0.2) is 0 Å². The standard InChI is InChI=1S/C16H25FN2/c1-12(2)8-9-19(15-6-7-15)11-16(18)13-4-3-5-14(17)10-13/h3-5,10,12,15-16H,6-9,11,18H2,1-2H3. The van der Waals surface area contributed by atoms with Gasteiger partial charge in [-0.25, -0.2) is 4.39 Å². The third-order valence-electron chi connectivity index (χ3n) is 3.76. The summed E-state index contributed by atoms with van der Waals surface area (Å²) >= 11 is 0. The third kappa shape index (κ3) is 4.59. The zero-order valence-corrected chi connectivity index (χ0v) is 12.0. The highest BCUT2D eigenvalue weighted by Gasteiger charge is 2.29. The SMILES string of the molecule is CC(C)CCN(CC(N)c1cccc(F)c1)C1CC1. The highest BCUT2D eigenvalue weighted by atomic mass is 19.1. The first-order valence-corrected chi connectivity index (χ1v) is 7.31. The lowest BCUT2D eigenvalue weighted by Gasteiger charge is -2.26. The van der Waals surface area contributed by atoms with Crippen molar-refractivity contribution in [2.75, 3.05) is 13.1 Å². The van der Waals surface area contributed by atoms with E-state index >= 15 is 0 Å². The molecule has 1 aliphatic carbocycles. The molecule has 1 aromatic carbocycles. The molecule has 0 amide bonds. The maximum absolute atomic E-state index is 13.2. The second-order valence-corrected chi connectivity index (χ2v) is 6.07. The quantitative estimate of drug-likeness (QED) is 0.818. The van der Waals surface area contributed by atoms with Crippen molar-refractivity contribution in [3.8, 4) is 0 Å². The van der Waals surface area contributed by atoms with Crippen molar-refractivity contribution < 1.29 is 4.39 Å². The molecule has 1 atom stereocenters. The first-order chi connectivity index (χ1) is 9.06. The highest BCUT2D eigenvalue weighted by molar-refractivity contribution is 5.20. The van der Waals surface area contributed by atoms with Gasteiger partial charge in [0.25, 0.3) is 0 Å². The Morgan fingerprint density at radius 3 is 2.68 bits per heavy atom. The van der Waals surface area contributed by atoms with Crippen LogP contribution in [0.25, 0.3) is 0 Å².